The molecule has 0 aliphatic carbocycles. The molecule has 1 aliphatic heterocycles. The third-order valence-corrected chi connectivity index (χ3v) is 3.92. The van der Waals surface area contributed by atoms with Crippen LogP contribution in [0.4, 0.5) is 5.00 Å². The van der Waals surface area contributed by atoms with E-state index in [1.54, 1.807) is 11.3 Å². The van der Waals surface area contributed by atoms with Crippen LogP contribution in [0.1, 0.15) is 11.4 Å². The topological polar surface area (TPSA) is 47.1 Å². The Bertz CT molecular complexity index is 461. The summed E-state index contributed by atoms with van der Waals surface area (Å²) in [4.78, 5) is 6.74. The van der Waals surface area contributed by atoms with Crippen molar-refractivity contribution in [3.05, 3.63) is 35.2 Å². The molecule has 2 aromatic heterocycles. The molecule has 2 aromatic rings. The first-order valence-electron chi connectivity index (χ1n) is 5.40. The number of anilines is 1. The molecule has 1 aliphatic rings. The minimum absolute atomic E-state index is 0.528. The van der Waals surface area contributed by atoms with Gasteiger partial charge in [-0.25, -0.2) is 4.98 Å². The molecule has 16 heavy (non-hydrogen) atoms. The Hall–Kier alpha value is -1.33. The third-order valence-electron chi connectivity index (χ3n) is 3.00. The second-order valence-electron chi connectivity index (χ2n) is 3.91. The number of thiophene rings is 1. The monoisotopic (exact) mass is 234 g/mol. The molecule has 0 radical (unpaired) electrons. The van der Waals surface area contributed by atoms with Gasteiger partial charge in [0.2, 0.25) is 0 Å². The Morgan fingerprint density at radius 2 is 2.38 bits per heavy atom. The fourth-order valence-electron chi connectivity index (χ4n) is 2.12. The summed E-state index contributed by atoms with van der Waals surface area (Å²) in [7, 11) is 0. The first-order chi connectivity index (χ1) is 7.88. The van der Waals surface area contributed by atoms with E-state index in [2.05, 4.69) is 32.0 Å². The SMILES string of the molecule is NCc1ncn2c1CN(c1cccs1)CC2. The van der Waals surface area contributed by atoms with Crippen molar-refractivity contribution in [1.29, 1.82) is 0 Å². The molecule has 3 rings (SSSR count). The summed E-state index contributed by atoms with van der Waals surface area (Å²) in [5.41, 5.74) is 7.99. The van der Waals surface area contributed by atoms with Crippen molar-refractivity contribution in [3.8, 4) is 0 Å². The van der Waals surface area contributed by atoms with Crippen LogP contribution in [-0.4, -0.2) is 16.1 Å². The molecule has 0 bridgehead atoms. The molecular weight excluding hydrogens is 220 g/mol. The van der Waals surface area contributed by atoms with E-state index in [9.17, 15) is 0 Å². The van der Waals surface area contributed by atoms with Crippen LogP contribution in [0.15, 0.2) is 23.8 Å². The molecule has 2 N–H and O–H groups in total. The molecule has 4 nitrogen and oxygen atoms in total. The van der Waals surface area contributed by atoms with E-state index in [-0.39, 0.29) is 0 Å². The van der Waals surface area contributed by atoms with Crippen molar-refractivity contribution < 1.29 is 0 Å². The minimum atomic E-state index is 0.528. The van der Waals surface area contributed by atoms with Crippen molar-refractivity contribution in [3.63, 3.8) is 0 Å². The van der Waals surface area contributed by atoms with Gasteiger partial charge in [0.15, 0.2) is 0 Å². The fraction of sp³-hybridized carbons (Fsp3) is 0.364. The van der Waals surface area contributed by atoms with Crippen LogP contribution in [-0.2, 0) is 19.6 Å². The van der Waals surface area contributed by atoms with E-state index >= 15 is 0 Å². The van der Waals surface area contributed by atoms with Crippen molar-refractivity contribution >= 4 is 16.3 Å². The maximum absolute atomic E-state index is 5.69. The van der Waals surface area contributed by atoms with Gasteiger partial charge in [-0.3, -0.25) is 0 Å². The summed E-state index contributed by atoms with van der Waals surface area (Å²) < 4.78 is 2.21. The van der Waals surface area contributed by atoms with E-state index in [4.69, 9.17) is 5.73 Å². The Labute approximate surface area is 98.3 Å². The molecule has 0 unspecified atom stereocenters. The highest BCUT2D eigenvalue weighted by molar-refractivity contribution is 7.14. The van der Waals surface area contributed by atoms with Crippen LogP contribution in [0.3, 0.4) is 0 Å². The van der Waals surface area contributed by atoms with E-state index < -0.39 is 0 Å². The molecule has 0 spiro atoms. The highest BCUT2D eigenvalue weighted by Crippen LogP contribution is 2.26. The summed E-state index contributed by atoms with van der Waals surface area (Å²) in [6.07, 6.45) is 1.91. The molecule has 0 fully saturated rings. The van der Waals surface area contributed by atoms with Gasteiger partial charge in [-0.05, 0) is 17.5 Å². The van der Waals surface area contributed by atoms with E-state index in [1.807, 2.05) is 6.33 Å². The van der Waals surface area contributed by atoms with Crippen molar-refractivity contribution in [1.82, 2.24) is 9.55 Å². The number of nitrogens with two attached hydrogens (primary N) is 1. The lowest BCUT2D eigenvalue weighted by Crippen LogP contribution is -2.33. The normalized spacial score (nSPS) is 15.2. The second-order valence-corrected chi connectivity index (χ2v) is 4.83. The van der Waals surface area contributed by atoms with Gasteiger partial charge < -0.3 is 15.2 Å². The van der Waals surface area contributed by atoms with E-state index in [0.717, 1.165) is 25.3 Å². The second kappa shape index (κ2) is 3.92. The smallest absolute Gasteiger partial charge is 0.0953 e. The summed E-state index contributed by atoms with van der Waals surface area (Å²) in [6.45, 7) is 3.50. The number of fused-ring (bicyclic) bond motifs is 1. The lowest BCUT2D eigenvalue weighted by atomic mass is 10.2. The Morgan fingerprint density at radius 1 is 1.44 bits per heavy atom. The minimum Gasteiger partial charge on any atom is -0.356 e. The maximum atomic E-state index is 5.69. The number of imidazole rings is 1. The molecule has 5 heteroatoms. The van der Waals surface area contributed by atoms with Crippen LogP contribution in [0.2, 0.25) is 0 Å². The van der Waals surface area contributed by atoms with Gasteiger partial charge in [-0.1, -0.05) is 0 Å². The molecule has 3 heterocycles. The summed E-state index contributed by atoms with van der Waals surface area (Å²) in [5, 5.41) is 3.45. The summed E-state index contributed by atoms with van der Waals surface area (Å²) in [5.74, 6) is 0. The Kier molecular flexibility index (Phi) is 2.41. The Morgan fingerprint density at radius 3 is 3.12 bits per heavy atom. The van der Waals surface area contributed by atoms with Gasteiger partial charge >= 0.3 is 0 Å². The predicted molar refractivity (Wildman–Crippen MR) is 65.5 cm³/mol. The fourth-order valence-corrected chi connectivity index (χ4v) is 2.88. The van der Waals surface area contributed by atoms with Gasteiger partial charge in [0.25, 0.3) is 0 Å². The van der Waals surface area contributed by atoms with Gasteiger partial charge in [-0.15, -0.1) is 11.3 Å². The van der Waals surface area contributed by atoms with Crippen LogP contribution < -0.4 is 10.6 Å². The van der Waals surface area contributed by atoms with Crippen molar-refractivity contribution in [2.24, 2.45) is 5.73 Å². The standard InChI is InChI=1S/C11H14N4S/c12-6-9-10-7-14(11-2-1-5-16-11)3-4-15(10)8-13-9/h1-2,5,8H,3-4,6-7,12H2. The lowest BCUT2D eigenvalue weighted by molar-refractivity contribution is 0.570. The summed E-state index contributed by atoms with van der Waals surface area (Å²) >= 11 is 1.79. The quantitative estimate of drug-likeness (QED) is 0.855. The van der Waals surface area contributed by atoms with Crippen LogP contribution in [0.25, 0.3) is 0 Å². The molecule has 0 atom stereocenters. The zero-order valence-corrected chi connectivity index (χ0v) is 9.78. The maximum Gasteiger partial charge on any atom is 0.0953 e. The molecule has 0 aromatic carbocycles. The summed E-state index contributed by atoms with van der Waals surface area (Å²) in [6, 6.07) is 4.26. The van der Waals surface area contributed by atoms with Gasteiger partial charge in [0, 0.05) is 19.6 Å². The number of aromatic nitrogens is 2. The molecule has 0 amide bonds. The predicted octanol–water partition coefficient (Wildman–Crippen LogP) is 1.42. The van der Waals surface area contributed by atoms with E-state index in [1.165, 1.54) is 10.7 Å². The first-order valence-corrected chi connectivity index (χ1v) is 6.28. The van der Waals surface area contributed by atoms with Gasteiger partial charge in [-0.2, -0.15) is 0 Å². The van der Waals surface area contributed by atoms with Gasteiger partial charge in [0.05, 0.1) is 29.3 Å². The number of hydrogen-bond donors (Lipinski definition) is 1. The van der Waals surface area contributed by atoms with Crippen molar-refractivity contribution in [2.45, 2.75) is 19.6 Å². The highest BCUT2D eigenvalue weighted by Gasteiger charge is 2.20. The number of rotatable bonds is 2. The third kappa shape index (κ3) is 1.52. The highest BCUT2D eigenvalue weighted by atomic mass is 32.1. The van der Waals surface area contributed by atoms with Crippen molar-refractivity contribution in [2.75, 3.05) is 11.4 Å². The van der Waals surface area contributed by atoms with Crippen LogP contribution in [0, 0.1) is 0 Å². The van der Waals surface area contributed by atoms with Crippen LogP contribution in [0.5, 0.6) is 0 Å². The average molecular weight is 234 g/mol. The largest absolute Gasteiger partial charge is 0.356 e. The molecule has 0 saturated heterocycles. The van der Waals surface area contributed by atoms with Gasteiger partial charge in [0.1, 0.15) is 0 Å². The first kappa shape index (κ1) is 9.86. The zero-order chi connectivity index (χ0) is 11.0. The number of nitrogens with zero attached hydrogens (tertiary/aromatic N) is 3. The molecular formula is C11H14N4S. The molecule has 0 saturated carbocycles. The van der Waals surface area contributed by atoms with E-state index in [0.29, 0.717) is 6.54 Å². The van der Waals surface area contributed by atoms with Crippen LogP contribution >= 0.6 is 11.3 Å². The zero-order valence-electron chi connectivity index (χ0n) is 8.97. The number of hydrogen-bond acceptors (Lipinski definition) is 4. The Balaban J connectivity index is 1.90. The molecule has 84 valence electrons. The average Bonchev–Trinajstić information content (AvgIpc) is 2.97. The lowest BCUT2D eigenvalue weighted by Gasteiger charge is -2.29.